The molecule has 1 amide bonds. The van der Waals surface area contributed by atoms with Gasteiger partial charge in [0.2, 0.25) is 15.9 Å². The van der Waals surface area contributed by atoms with E-state index in [1.54, 1.807) is 14.0 Å². The predicted octanol–water partition coefficient (Wildman–Crippen LogP) is 3.64. The molecule has 0 aromatic heterocycles. The molecule has 0 aliphatic carbocycles. The van der Waals surface area contributed by atoms with Crippen LogP contribution in [0.25, 0.3) is 0 Å². The van der Waals surface area contributed by atoms with Gasteiger partial charge in [-0.25, -0.2) is 8.42 Å². The van der Waals surface area contributed by atoms with Crippen LogP contribution in [0.4, 0.5) is 11.4 Å². The summed E-state index contributed by atoms with van der Waals surface area (Å²) in [6.07, 6.45) is 1.55. The normalized spacial score (nSPS) is 13.2. The van der Waals surface area contributed by atoms with Gasteiger partial charge in [-0.3, -0.25) is 19.2 Å². The topological polar surface area (TPSA) is 119 Å². The van der Waals surface area contributed by atoms with Gasteiger partial charge in [-0.1, -0.05) is 25.1 Å². The average molecular weight is 464 g/mol. The van der Waals surface area contributed by atoms with Crippen LogP contribution in [0.1, 0.15) is 43.0 Å². The molecule has 2 rings (SSSR count). The van der Waals surface area contributed by atoms with E-state index in [1.165, 1.54) is 25.1 Å². The van der Waals surface area contributed by atoms with Gasteiger partial charge in [0, 0.05) is 12.1 Å². The minimum Gasteiger partial charge on any atom is -0.496 e. The molecule has 0 aliphatic rings. The number of nitrogens with one attached hydrogen (secondary N) is 1. The van der Waals surface area contributed by atoms with Crippen LogP contribution in [-0.2, 0) is 14.8 Å². The third-order valence-electron chi connectivity index (χ3n) is 5.28. The highest BCUT2D eigenvalue weighted by Crippen LogP contribution is 2.30. The van der Waals surface area contributed by atoms with Crippen molar-refractivity contribution in [1.29, 1.82) is 0 Å². The number of benzene rings is 2. The van der Waals surface area contributed by atoms with Gasteiger partial charge in [0.05, 0.1) is 30.0 Å². The number of aryl methyl sites for hydroxylation is 2. The molecule has 0 unspecified atom stereocenters. The second-order valence-corrected chi connectivity index (χ2v) is 9.52. The molecule has 2 aromatic carbocycles. The molecular weight excluding hydrogens is 434 g/mol. The van der Waals surface area contributed by atoms with Crippen molar-refractivity contribution in [3.05, 3.63) is 63.2 Å². The molecule has 10 heteroatoms. The van der Waals surface area contributed by atoms with Crippen molar-refractivity contribution in [3.8, 4) is 5.75 Å². The average Bonchev–Trinajstić information content (AvgIpc) is 2.71. The van der Waals surface area contributed by atoms with E-state index >= 15 is 0 Å². The first-order valence-corrected chi connectivity index (χ1v) is 11.9. The van der Waals surface area contributed by atoms with Gasteiger partial charge in [-0.2, -0.15) is 0 Å². The van der Waals surface area contributed by atoms with E-state index in [9.17, 15) is 23.3 Å². The number of nitrogens with zero attached hydrogens (tertiary/aromatic N) is 2. The Bertz CT molecular complexity index is 1120. The number of hydrogen-bond acceptors (Lipinski definition) is 6. The fourth-order valence-electron chi connectivity index (χ4n) is 3.56. The maximum Gasteiger partial charge on any atom is 0.271 e. The Kier molecular flexibility index (Phi) is 7.84. The number of ether oxygens (including phenoxy) is 1. The predicted molar refractivity (Wildman–Crippen MR) is 124 cm³/mol. The number of nitro groups is 1. The number of anilines is 1. The van der Waals surface area contributed by atoms with Crippen LogP contribution in [0.15, 0.2) is 36.4 Å². The Morgan fingerprint density at radius 2 is 1.84 bits per heavy atom. The molecule has 0 radical (unpaired) electrons. The van der Waals surface area contributed by atoms with E-state index in [0.717, 1.165) is 27.4 Å². The van der Waals surface area contributed by atoms with Gasteiger partial charge >= 0.3 is 0 Å². The van der Waals surface area contributed by atoms with Crippen molar-refractivity contribution in [1.82, 2.24) is 5.32 Å². The first-order valence-electron chi connectivity index (χ1n) is 10.1. The molecule has 9 nitrogen and oxygen atoms in total. The van der Waals surface area contributed by atoms with Gasteiger partial charge in [-0.05, 0) is 49.9 Å². The molecule has 32 heavy (non-hydrogen) atoms. The van der Waals surface area contributed by atoms with Gasteiger partial charge in [0.25, 0.3) is 5.69 Å². The smallest absolute Gasteiger partial charge is 0.271 e. The second-order valence-electron chi connectivity index (χ2n) is 7.66. The number of nitro benzene ring substituents is 1. The first-order chi connectivity index (χ1) is 14.9. The third kappa shape index (κ3) is 5.56. The Hall–Kier alpha value is -3.14. The number of hydrogen-bond donors (Lipinski definition) is 1. The maximum atomic E-state index is 13.1. The molecule has 0 saturated carbocycles. The third-order valence-corrected chi connectivity index (χ3v) is 6.50. The molecule has 2 aromatic rings. The summed E-state index contributed by atoms with van der Waals surface area (Å²) in [6, 6.07) is 8.04. The minimum atomic E-state index is -3.92. The molecule has 0 heterocycles. The first kappa shape index (κ1) is 25.1. The lowest BCUT2D eigenvalue weighted by molar-refractivity contribution is -0.384. The maximum absolute atomic E-state index is 13.1. The lowest BCUT2D eigenvalue weighted by Crippen LogP contribution is -2.48. The lowest BCUT2D eigenvalue weighted by Gasteiger charge is -2.30. The summed E-state index contributed by atoms with van der Waals surface area (Å²) in [5.74, 6) is 0.217. The molecular formula is C22H29N3O6S. The van der Waals surface area contributed by atoms with E-state index < -0.39 is 26.9 Å². The summed E-state index contributed by atoms with van der Waals surface area (Å²) in [4.78, 5) is 23.7. The van der Waals surface area contributed by atoms with E-state index in [0.29, 0.717) is 12.0 Å². The Morgan fingerprint density at radius 1 is 1.19 bits per heavy atom. The molecule has 174 valence electrons. The van der Waals surface area contributed by atoms with Crippen LogP contribution >= 0.6 is 0 Å². The van der Waals surface area contributed by atoms with Gasteiger partial charge in [0.1, 0.15) is 11.8 Å². The van der Waals surface area contributed by atoms with E-state index in [1.807, 2.05) is 32.0 Å². The molecule has 0 aliphatic heterocycles. The molecule has 0 bridgehead atoms. The van der Waals surface area contributed by atoms with Crippen molar-refractivity contribution < 1.29 is 22.9 Å². The number of non-ortho nitro benzene ring substituents is 1. The fraction of sp³-hybridized carbons (Fsp3) is 0.409. The zero-order valence-electron chi connectivity index (χ0n) is 19.1. The summed E-state index contributed by atoms with van der Waals surface area (Å²) < 4.78 is 31.4. The van der Waals surface area contributed by atoms with Crippen molar-refractivity contribution in [2.75, 3.05) is 17.7 Å². The number of carbonyl (C=O) groups excluding carboxylic acids is 1. The number of carbonyl (C=O) groups is 1. The Labute approximate surface area is 188 Å². The number of methoxy groups -OCH3 is 1. The summed E-state index contributed by atoms with van der Waals surface area (Å²) >= 11 is 0. The van der Waals surface area contributed by atoms with Gasteiger partial charge in [0.15, 0.2) is 0 Å². The number of amides is 1. The van der Waals surface area contributed by atoms with Crippen molar-refractivity contribution in [2.24, 2.45) is 0 Å². The summed E-state index contributed by atoms with van der Waals surface area (Å²) in [7, 11) is -2.33. The van der Waals surface area contributed by atoms with Crippen molar-refractivity contribution >= 4 is 27.3 Å². The van der Waals surface area contributed by atoms with Crippen LogP contribution in [-0.4, -0.2) is 38.7 Å². The molecule has 1 N–H and O–H groups in total. The van der Waals surface area contributed by atoms with Crippen LogP contribution in [0, 0.1) is 24.0 Å². The van der Waals surface area contributed by atoms with E-state index in [-0.39, 0.29) is 17.4 Å². The van der Waals surface area contributed by atoms with Gasteiger partial charge in [-0.15, -0.1) is 0 Å². The quantitative estimate of drug-likeness (QED) is 0.448. The summed E-state index contributed by atoms with van der Waals surface area (Å²) in [6.45, 7) is 6.90. The second kappa shape index (κ2) is 9.99. The molecule has 0 saturated heterocycles. The molecule has 2 atom stereocenters. The Morgan fingerprint density at radius 3 is 2.34 bits per heavy atom. The van der Waals surface area contributed by atoms with Crippen LogP contribution in [0.5, 0.6) is 5.75 Å². The summed E-state index contributed by atoms with van der Waals surface area (Å²) in [5, 5.41) is 14.1. The highest BCUT2D eigenvalue weighted by Gasteiger charge is 2.32. The van der Waals surface area contributed by atoms with E-state index in [4.69, 9.17) is 4.74 Å². The summed E-state index contributed by atoms with van der Waals surface area (Å²) in [5.41, 5.74) is 2.11. The highest BCUT2D eigenvalue weighted by atomic mass is 32.2. The van der Waals surface area contributed by atoms with Crippen molar-refractivity contribution in [3.63, 3.8) is 0 Å². The van der Waals surface area contributed by atoms with Gasteiger partial charge < -0.3 is 10.1 Å². The lowest BCUT2D eigenvalue weighted by atomic mass is 10.0. The molecule has 0 fully saturated rings. The van der Waals surface area contributed by atoms with Crippen LogP contribution in [0.2, 0.25) is 0 Å². The van der Waals surface area contributed by atoms with E-state index in [2.05, 4.69) is 5.32 Å². The monoisotopic (exact) mass is 463 g/mol. The largest absolute Gasteiger partial charge is 0.496 e. The SMILES string of the molecule is CC[C@H](NC(=O)[C@@H](C)N(c1cc([N+](=O)[O-])ccc1C)S(C)(=O)=O)c1ccc(OC)c(C)c1. The standard InChI is InChI=1S/C22H29N3O6S/c1-7-19(17-9-11-21(31-5)15(3)12-17)23-22(26)16(4)24(32(6,29)30)20-13-18(25(27)28)10-8-14(20)2/h8-13,16,19H,7H2,1-6H3,(H,23,26)/t16-,19+/m1/s1. The number of rotatable bonds is 9. The van der Waals surface area contributed by atoms with Crippen LogP contribution in [0.3, 0.4) is 0 Å². The number of sulfonamides is 1. The zero-order valence-corrected chi connectivity index (χ0v) is 19.9. The highest BCUT2D eigenvalue weighted by molar-refractivity contribution is 7.92. The van der Waals surface area contributed by atoms with Crippen LogP contribution < -0.4 is 14.4 Å². The molecule has 0 spiro atoms. The Balaban J connectivity index is 2.39. The zero-order chi connectivity index (χ0) is 24.2. The minimum absolute atomic E-state index is 0.0951. The fourth-order valence-corrected chi connectivity index (χ4v) is 4.79. The van der Waals surface area contributed by atoms with Crippen molar-refractivity contribution in [2.45, 2.75) is 46.2 Å².